The third kappa shape index (κ3) is 5.45. The summed E-state index contributed by atoms with van der Waals surface area (Å²) in [5.41, 5.74) is 10.9. The highest BCUT2D eigenvalue weighted by Crippen LogP contribution is 2.39. The standard InChI is InChI=1S/C29H36N4O3/c1-4-12-32(13-5-2)29(35)23-16-22-17-26(36-3)24(19-25(22)31-27(30)18-23)20-8-10-21(11-9-20)28(34)33-14-6-7-15-33/h8-11,16-17,19H,4-7,12-15,18H2,1-3H3,(H2,30,31). The highest BCUT2D eigenvalue weighted by Gasteiger charge is 2.23. The van der Waals surface area contributed by atoms with Gasteiger partial charge in [-0.25, -0.2) is 4.99 Å². The van der Waals surface area contributed by atoms with Gasteiger partial charge in [0.15, 0.2) is 0 Å². The summed E-state index contributed by atoms with van der Waals surface area (Å²) in [7, 11) is 1.63. The number of nitrogens with two attached hydrogens (primary N) is 1. The number of amidine groups is 1. The molecule has 0 spiro atoms. The van der Waals surface area contributed by atoms with Gasteiger partial charge in [-0.3, -0.25) is 9.59 Å². The van der Waals surface area contributed by atoms with Crippen LogP contribution in [0.5, 0.6) is 5.75 Å². The van der Waals surface area contributed by atoms with Crippen molar-refractivity contribution in [1.29, 1.82) is 0 Å². The van der Waals surface area contributed by atoms with Gasteiger partial charge in [-0.2, -0.15) is 0 Å². The Labute approximate surface area is 213 Å². The molecule has 7 nitrogen and oxygen atoms in total. The molecule has 190 valence electrons. The van der Waals surface area contributed by atoms with Crippen LogP contribution < -0.4 is 10.5 Å². The van der Waals surface area contributed by atoms with E-state index in [1.54, 1.807) is 7.11 Å². The van der Waals surface area contributed by atoms with Crippen LogP contribution in [-0.4, -0.2) is 60.7 Å². The molecule has 0 bridgehead atoms. The lowest BCUT2D eigenvalue weighted by Crippen LogP contribution is -2.34. The fraction of sp³-hybridized carbons (Fsp3) is 0.414. The number of amides is 2. The predicted octanol–water partition coefficient (Wildman–Crippen LogP) is 5.02. The van der Waals surface area contributed by atoms with Crippen molar-refractivity contribution in [1.82, 2.24) is 9.80 Å². The Morgan fingerprint density at radius 2 is 1.72 bits per heavy atom. The summed E-state index contributed by atoms with van der Waals surface area (Å²) >= 11 is 0. The van der Waals surface area contributed by atoms with Crippen molar-refractivity contribution in [2.24, 2.45) is 10.7 Å². The van der Waals surface area contributed by atoms with Crippen molar-refractivity contribution in [2.45, 2.75) is 46.0 Å². The van der Waals surface area contributed by atoms with Gasteiger partial charge in [0.05, 0.1) is 12.8 Å². The molecule has 4 rings (SSSR count). The van der Waals surface area contributed by atoms with Gasteiger partial charge in [-0.15, -0.1) is 0 Å². The molecule has 2 aromatic carbocycles. The van der Waals surface area contributed by atoms with Crippen LogP contribution in [-0.2, 0) is 4.79 Å². The van der Waals surface area contributed by atoms with Crippen LogP contribution in [0, 0.1) is 0 Å². The Hall–Kier alpha value is -3.61. The minimum absolute atomic E-state index is 0.00556. The van der Waals surface area contributed by atoms with Crippen molar-refractivity contribution in [3.8, 4) is 16.9 Å². The second-order valence-corrected chi connectivity index (χ2v) is 9.43. The largest absolute Gasteiger partial charge is 0.496 e. The molecular weight excluding hydrogens is 452 g/mol. The average Bonchev–Trinajstić information content (AvgIpc) is 3.37. The zero-order chi connectivity index (χ0) is 25.7. The third-order valence-corrected chi connectivity index (χ3v) is 6.70. The summed E-state index contributed by atoms with van der Waals surface area (Å²) in [6.45, 7) is 7.23. The van der Waals surface area contributed by atoms with Crippen LogP contribution in [0.4, 0.5) is 5.69 Å². The van der Waals surface area contributed by atoms with E-state index in [-0.39, 0.29) is 11.8 Å². The zero-order valence-corrected chi connectivity index (χ0v) is 21.5. The second-order valence-electron chi connectivity index (χ2n) is 9.43. The molecule has 0 aliphatic carbocycles. The first-order valence-corrected chi connectivity index (χ1v) is 12.9. The Balaban J connectivity index is 1.67. The van der Waals surface area contributed by atoms with Crippen molar-refractivity contribution in [2.75, 3.05) is 33.3 Å². The fourth-order valence-corrected chi connectivity index (χ4v) is 4.91. The number of carbonyl (C=O) groups is 2. The van der Waals surface area contributed by atoms with E-state index in [4.69, 9.17) is 10.5 Å². The van der Waals surface area contributed by atoms with Crippen molar-refractivity contribution in [3.63, 3.8) is 0 Å². The van der Waals surface area contributed by atoms with Gasteiger partial charge >= 0.3 is 0 Å². The molecule has 2 aliphatic rings. The summed E-state index contributed by atoms with van der Waals surface area (Å²) in [5.74, 6) is 1.16. The first-order valence-electron chi connectivity index (χ1n) is 12.9. The van der Waals surface area contributed by atoms with Gasteiger partial charge in [-0.1, -0.05) is 26.0 Å². The molecule has 2 amide bonds. The van der Waals surface area contributed by atoms with Crippen LogP contribution in [0.2, 0.25) is 0 Å². The molecule has 0 radical (unpaired) electrons. The zero-order valence-electron chi connectivity index (χ0n) is 21.5. The highest BCUT2D eigenvalue weighted by atomic mass is 16.5. The molecular formula is C29H36N4O3. The van der Waals surface area contributed by atoms with E-state index in [0.29, 0.717) is 47.9 Å². The Morgan fingerprint density at radius 1 is 1.06 bits per heavy atom. The Kier molecular flexibility index (Phi) is 8.08. The molecule has 2 N–H and O–H groups in total. The number of likely N-dealkylation sites (tertiary alicyclic amines) is 1. The number of aliphatic imine (C=N–C) groups is 1. The van der Waals surface area contributed by atoms with E-state index in [2.05, 4.69) is 18.8 Å². The summed E-state index contributed by atoms with van der Waals surface area (Å²) < 4.78 is 5.73. The molecule has 7 heteroatoms. The lowest BCUT2D eigenvalue weighted by molar-refractivity contribution is -0.127. The van der Waals surface area contributed by atoms with E-state index in [1.807, 2.05) is 52.3 Å². The van der Waals surface area contributed by atoms with Crippen LogP contribution in [0.15, 0.2) is 47.0 Å². The maximum atomic E-state index is 13.3. The average molecular weight is 489 g/mol. The van der Waals surface area contributed by atoms with Crippen molar-refractivity contribution < 1.29 is 14.3 Å². The highest BCUT2D eigenvalue weighted by molar-refractivity contribution is 6.06. The third-order valence-electron chi connectivity index (χ3n) is 6.70. The van der Waals surface area contributed by atoms with Gasteiger partial charge in [0.1, 0.15) is 11.6 Å². The normalized spacial score (nSPS) is 15.0. The number of hydrogen-bond acceptors (Lipinski definition) is 5. The maximum absolute atomic E-state index is 13.3. The topological polar surface area (TPSA) is 88.2 Å². The minimum Gasteiger partial charge on any atom is -0.496 e. The van der Waals surface area contributed by atoms with Crippen molar-refractivity contribution in [3.05, 3.63) is 53.1 Å². The van der Waals surface area contributed by atoms with Crippen LogP contribution >= 0.6 is 0 Å². The number of rotatable bonds is 8. The Morgan fingerprint density at radius 3 is 2.33 bits per heavy atom. The molecule has 1 saturated heterocycles. The number of carbonyl (C=O) groups excluding carboxylic acids is 2. The number of benzene rings is 2. The van der Waals surface area contributed by atoms with Crippen LogP contribution in [0.3, 0.4) is 0 Å². The lowest BCUT2D eigenvalue weighted by atomic mass is 9.98. The fourth-order valence-electron chi connectivity index (χ4n) is 4.91. The summed E-state index contributed by atoms with van der Waals surface area (Å²) in [4.78, 5) is 34.5. The van der Waals surface area contributed by atoms with Gasteiger partial charge in [0.2, 0.25) is 5.91 Å². The van der Waals surface area contributed by atoms with E-state index >= 15 is 0 Å². The van der Waals surface area contributed by atoms with Crippen molar-refractivity contribution >= 4 is 29.4 Å². The van der Waals surface area contributed by atoms with E-state index in [9.17, 15) is 9.59 Å². The molecule has 36 heavy (non-hydrogen) atoms. The lowest BCUT2D eigenvalue weighted by Gasteiger charge is -2.22. The first-order chi connectivity index (χ1) is 17.4. The number of hydrogen-bond donors (Lipinski definition) is 1. The van der Waals surface area contributed by atoms with E-state index < -0.39 is 0 Å². The molecule has 2 aliphatic heterocycles. The van der Waals surface area contributed by atoms with E-state index in [0.717, 1.165) is 55.5 Å². The second kappa shape index (κ2) is 11.4. The van der Waals surface area contributed by atoms with E-state index in [1.165, 1.54) is 0 Å². The summed E-state index contributed by atoms with van der Waals surface area (Å²) in [5, 5.41) is 0. The molecule has 0 atom stereocenters. The number of methoxy groups -OCH3 is 1. The smallest absolute Gasteiger partial charge is 0.253 e. The molecule has 0 unspecified atom stereocenters. The van der Waals surface area contributed by atoms with Gasteiger partial charge in [-0.05, 0) is 61.6 Å². The van der Waals surface area contributed by atoms with Gasteiger partial charge in [0, 0.05) is 54.9 Å². The number of ether oxygens (including phenoxy) is 1. The summed E-state index contributed by atoms with van der Waals surface area (Å²) in [6.07, 6.45) is 6.14. The van der Waals surface area contributed by atoms with Gasteiger partial charge < -0.3 is 20.3 Å². The summed E-state index contributed by atoms with van der Waals surface area (Å²) in [6, 6.07) is 11.5. The predicted molar refractivity (Wildman–Crippen MR) is 145 cm³/mol. The van der Waals surface area contributed by atoms with Crippen LogP contribution in [0.1, 0.15) is 61.9 Å². The SMILES string of the molecule is CCCN(CCC)C(=O)C1=Cc2cc(OC)c(-c3ccc(C(=O)N4CCCC4)cc3)cc2N=C(N)C1. The number of fused-ring (bicyclic) bond motifs is 1. The van der Waals surface area contributed by atoms with Gasteiger partial charge in [0.25, 0.3) is 5.91 Å². The van der Waals surface area contributed by atoms with Crippen LogP contribution in [0.25, 0.3) is 17.2 Å². The molecule has 2 heterocycles. The monoisotopic (exact) mass is 488 g/mol. The number of nitrogens with zero attached hydrogens (tertiary/aromatic N) is 3. The minimum atomic E-state index is 0.00556. The molecule has 0 saturated carbocycles. The first kappa shape index (κ1) is 25.5. The molecule has 1 fully saturated rings. The maximum Gasteiger partial charge on any atom is 0.253 e. The Bertz CT molecular complexity index is 1170. The quantitative estimate of drug-likeness (QED) is 0.565. The molecule has 0 aromatic heterocycles. The molecule has 2 aromatic rings.